The summed E-state index contributed by atoms with van der Waals surface area (Å²) >= 11 is 0. The molecule has 1 atom stereocenters. The fraction of sp³-hybridized carbons (Fsp3) is 0.600. The number of carbonyl (C=O) groups is 1. The van der Waals surface area contributed by atoms with Crippen LogP contribution in [0.5, 0.6) is 0 Å². The van der Waals surface area contributed by atoms with Gasteiger partial charge in [0.15, 0.2) is 0 Å². The molecule has 4 N–H and O–H groups in total. The lowest BCUT2D eigenvalue weighted by atomic mass is 10.1. The van der Waals surface area contributed by atoms with Crippen LogP contribution in [-0.2, 0) is 4.74 Å². The van der Waals surface area contributed by atoms with Crippen molar-refractivity contribution in [3.8, 4) is 11.3 Å². The van der Waals surface area contributed by atoms with Gasteiger partial charge in [-0.25, -0.2) is 9.78 Å². The molecule has 2 aromatic rings. The van der Waals surface area contributed by atoms with Crippen LogP contribution in [0.15, 0.2) is 18.5 Å². The number of nitrogen functional groups attached to an aromatic ring is 1. The number of aromatic nitrogens is 4. The molecule has 2 fully saturated rings. The average Bonchev–Trinajstić information content (AvgIpc) is 3.48. The van der Waals surface area contributed by atoms with Gasteiger partial charge in [0, 0.05) is 44.0 Å². The van der Waals surface area contributed by atoms with Gasteiger partial charge < -0.3 is 26.0 Å². The van der Waals surface area contributed by atoms with Crippen LogP contribution < -0.4 is 16.4 Å². The Morgan fingerprint density at radius 2 is 1.97 bits per heavy atom. The monoisotopic (exact) mass is 416 g/mol. The van der Waals surface area contributed by atoms with Crippen molar-refractivity contribution in [1.82, 2.24) is 24.6 Å². The van der Waals surface area contributed by atoms with E-state index in [1.54, 1.807) is 11.1 Å². The van der Waals surface area contributed by atoms with Gasteiger partial charge in [0.05, 0.1) is 24.5 Å². The third-order valence-electron chi connectivity index (χ3n) is 5.35. The van der Waals surface area contributed by atoms with E-state index >= 15 is 0 Å². The van der Waals surface area contributed by atoms with E-state index < -0.39 is 0 Å². The number of ether oxygens (including phenoxy) is 1. The molecule has 0 aliphatic carbocycles. The molecule has 2 saturated heterocycles. The van der Waals surface area contributed by atoms with Gasteiger partial charge in [-0.05, 0) is 39.7 Å². The highest BCUT2D eigenvalue weighted by Gasteiger charge is 2.26. The summed E-state index contributed by atoms with van der Waals surface area (Å²) in [4.78, 5) is 24.8. The Bertz CT molecular complexity index is 834. The van der Waals surface area contributed by atoms with Crippen LogP contribution in [0.2, 0.25) is 0 Å². The number of hydrogen-bond acceptors (Lipinski definition) is 8. The first-order chi connectivity index (χ1) is 14.6. The first kappa shape index (κ1) is 21.8. The molecule has 10 nitrogen and oxygen atoms in total. The largest absolute Gasteiger partial charge is 0.450 e. The maximum absolute atomic E-state index is 12.0. The molecule has 2 aliphatic heterocycles. The number of likely N-dealkylation sites (tertiary alicyclic amines) is 1. The summed E-state index contributed by atoms with van der Waals surface area (Å²) in [5.74, 6) is 1.15. The molecule has 0 radical (unpaired) electrons. The van der Waals surface area contributed by atoms with Crippen LogP contribution >= 0.6 is 0 Å². The highest BCUT2D eigenvalue weighted by Crippen LogP contribution is 2.27. The molecule has 1 amide bonds. The van der Waals surface area contributed by atoms with E-state index in [-0.39, 0.29) is 18.1 Å². The predicted octanol–water partition coefficient (Wildman–Crippen LogP) is 1.89. The lowest BCUT2D eigenvalue weighted by molar-refractivity contribution is 0.0880. The third kappa shape index (κ3) is 4.99. The molecule has 0 spiro atoms. The van der Waals surface area contributed by atoms with E-state index in [0.29, 0.717) is 13.2 Å². The van der Waals surface area contributed by atoms with Gasteiger partial charge in [-0.2, -0.15) is 10.1 Å². The second kappa shape index (κ2) is 10.2. The summed E-state index contributed by atoms with van der Waals surface area (Å²) in [6.45, 7) is 5.54. The minimum Gasteiger partial charge on any atom is -0.450 e. The van der Waals surface area contributed by atoms with Gasteiger partial charge in [-0.1, -0.05) is 0 Å². The standard InChI is InChI=1S/C19H27N7O2.CH5N/c1-2-28-19(27)25-9-5-6-15(13-25)26-12-14(11-21-26)16-10-17(23-18(20)22-16)24-7-3-4-8-24;1-2/h10-12,15H,2-9,13H2,1H3,(H2,20,22,23);2H2,1H3. The van der Waals surface area contributed by atoms with Crippen LogP contribution in [-0.4, -0.2) is 70.6 Å². The Morgan fingerprint density at radius 3 is 2.70 bits per heavy atom. The Kier molecular flexibility index (Phi) is 7.45. The van der Waals surface area contributed by atoms with Gasteiger partial charge in [-0.3, -0.25) is 4.68 Å². The zero-order valence-electron chi connectivity index (χ0n) is 17.8. The van der Waals surface area contributed by atoms with Crippen molar-refractivity contribution in [3.05, 3.63) is 18.5 Å². The number of carbonyl (C=O) groups excluding carboxylic acids is 1. The van der Waals surface area contributed by atoms with E-state index in [9.17, 15) is 4.79 Å². The highest BCUT2D eigenvalue weighted by molar-refractivity contribution is 5.67. The van der Waals surface area contributed by atoms with Crippen molar-refractivity contribution in [2.75, 3.05) is 50.5 Å². The van der Waals surface area contributed by atoms with Gasteiger partial charge in [0.25, 0.3) is 0 Å². The summed E-state index contributed by atoms with van der Waals surface area (Å²) in [6.07, 6.45) is 7.79. The van der Waals surface area contributed by atoms with Gasteiger partial charge >= 0.3 is 6.09 Å². The molecule has 164 valence electrons. The maximum Gasteiger partial charge on any atom is 0.409 e. The molecular formula is C20H32N8O2. The van der Waals surface area contributed by atoms with Crippen molar-refractivity contribution in [2.24, 2.45) is 5.73 Å². The lowest BCUT2D eigenvalue weighted by Gasteiger charge is -2.32. The highest BCUT2D eigenvalue weighted by atomic mass is 16.6. The maximum atomic E-state index is 12.0. The molecule has 30 heavy (non-hydrogen) atoms. The van der Waals surface area contributed by atoms with Crippen LogP contribution in [0, 0.1) is 0 Å². The smallest absolute Gasteiger partial charge is 0.409 e. The van der Waals surface area contributed by atoms with Crippen LogP contribution in [0.1, 0.15) is 38.6 Å². The number of rotatable bonds is 4. The first-order valence-corrected chi connectivity index (χ1v) is 10.6. The summed E-state index contributed by atoms with van der Waals surface area (Å²) in [5, 5.41) is 4.54. The lowest BCUT2D eigenvalue weighted by Crippen LogP contribution is -2.41. The van der Waals surface area contributed by atoms with Crippen molar-refractivity contribution in [3.63, 3.8) is 0 Å². The minimum atomic E-state index is -0.251. The summed E-state index contributed by atoms with van der Waals surface area (Å²) < 4.78 is 7.06. The molecule has 10 heteroatoms. The molecule has 0 bridgehead atoms. The van der Waals surface area contributed by atoms with E-state index in [1.807, 2.05) is 23.9 Å². The quantitative estimate of drug-likeness (QED) is 0.773. The third-order valence-corrected chi connectivity index (χ3v) is 5.35. The van der Waals surface area contributed by atoms with Crippen LogP contribution in [0.3, 0.4) is 0 Å². The van der Waals surface area contributed by atoms with Gasteiger partial charge in [-0.15, -0.1) is 0 Å². The summed E-state index contributed by atoms with van der Waals surface area (Å²) in [7, 11) is 1.50. The topological polar surface area (TPSA) is 128 Å². The van der Waals surface area contributed by atoms with Crippen molar-refractivity contribution >= 4 is 17.9 Å². The van der Waals surface area contributed by atoms with Crippen molar-refractivity contribution in [1.29, 1.82) is 0 Å². The number of nitrogens with two attached hydrogens (primary N) is 2. The first-order valence-electron chi connectivity index (χ1n) is 10.6. The Hall–Kier alpha value is -2.88. The molecule has 2 aliphatic rings. The average molecular weight is 417 g/mol. The van der Waals surface area contributed by atoms with Crippen molar-refractivity contribution in [2.45, 2.75) is 38.6 Å². The van der Waals surface area contributed by atoms with Crippen LogP contribution in [0.4, 0.5) is 16.6 Å². The molecule has 0 saturated carbocycles. The van der Waals surface area contributed by atoms with Crippen LogP contribution in [0.25, 0.3) is 11.3 Å². The molecule has 0 aromatic carbocycles. The predicted molar refractivity (Wildman–Crippen MR) is 116 cm³/mol. The summed E-state index contributed by atoms with van der Waals surface area (Å²) in [5.41, 5.74) is 12.1. The number of anilines is 2. The Morgan fingerprint density at radius 1 is 1.20 bits per heavy atom. The summed E-state index contributed by atoms with van der Waals surface area (Å²) in [6, 6.07) is 2.11. The molecular weight excluding hydrogens is 384 g/mol. The number of hydrogen-bond donors (Lipinski definition) is 2. The number of piperidine rings is 1. The second-order valence-electron chi connectivity index (χ2n) is 7.31. The molecule has 4 heterocycles. The minimum absolute atomic E-state index is 0.129. The van der Waals surface area contributed by atoms with E-state index in [0.717, 1.165) is 49.6 Å². The zero-order valence-corrected chi connectivity index (χ0v) is 17.8. The molecule has 4 rings (SSSR count). The zero-order chi connectivity index (χ0) is 21.5. The normalized spacial score (nSPS) is 18.7. The van der Waals surface area contributed by atoms with Gasteiger partial charge in [0.2, 0.25) is 5.95 Å². The second-order valence-corrected chi connectivity index (χ2v) is 7.31. The number of amides is 1. The van der Waals surface area contributed by atoms with Crippen molar-refractivity contribution < 1.29 is 9.53 Å². The number of nitrogens with zero attached hydrogens (tertiary/aromatic N) is 6. The fourth-order valence-corrected chi connectivity index (χ4v) is 3.93. The SMILES string of the molecule is CCOC(=O)N1CCCC(n2cc(-c3cc(N4CCCC4)nc(N)n3)cn2)C1.CN. The fourth-order valence-electron chi connectivity index (χ4n) is 3.93. The molecule has 2 aromatic heterocycles. The van der Waals surface area contributed by atoms with Gasteiger partial charge in [0.1, 0.15) is 5.82 Å². The Balaban J connectivity index is 0.00000124. The Labute approximate surface area is 177 Å². The van der Waals surface area contributed by atoms with E-state index in [1.165, 1.54) is 19.9 Å². The van der Waals surface area contributed by atoms with E-state index in [4.69, 9.17) is 10.5 Å². The molecule has 1 unspecified atom stereocenters. The van der Waals surface area contributed by atoms with E-state index in [2.05, 4.69) is 25.7 Å².